The van der Waals surface area contributed by atoms with E-state index in [0.29, 0.717) is 19.1 Å². The van der Waals surface area contributed by atoms with Gasteiger partial charge in [-0.1, -0.05) is 13.3 Å². The quantitative estimate of drug-likeness (QED) is 0.687. The molecule has 0 spiro atoms. The molecule has 2 N–H and O–H groups in total. The molecule has 1 aliphatic heterocycles. The summed E-state index contributed by atoms with van der Waals surface area (Å²) >= 11 is 0. The fourth-order valence-corrected chi connectivity index (χ4v) is 2.48. The minimum Gasteiger partial charge on any atom is -0.481 e. The Kier molecular flexibility index (Phi) is 6.84. The Bertz CT molecular complexity index is 307. The number of nitrogens with zero attached hydrogens (tertiary/aromatic N) is 1. The average molecular weight is 270 g/mol. The highest BCUT2D eigenvalue weighted by molar-refractivity contribution is 5.79. The largest absolute Gasteiger partial charge is 0.481 e. The van der Waals surface area contributed by atoms with Gasteiger partial charge in [0, 0.05) is 25.7 Å². The molecule has 0 aromatic heterocycles. The maximum absolute atomic E-state index is 12.0. The third-order valence-electron chi connectivity index (χ3n) is 3.82. The molecule has 1 heterocycles. The van der Waals surface area contributed by atoms with Gasteiger partial charge in [0.15, 0.2) is 0 Å². The first kappa shape index (κ1) is 16.0. The zero-order chi connectivity index (χ0) is 14.3. The van der Waals surface area contributed by atoms with Gasteiger partial charge in [0.05, 0.1) is 12.3 Å². The molecule has 1 aliphatic rings. The van der Waals surface area contributed by atoms with E-state index in [4.69, 9.17) is 5.11 Å². The second-order valence-electron chi connectivity index (χ2n) is 5.41. The second kappa shape index (κ2) is 8.15. The Morgan fingerprint density at radius 2 is 2.11 bits per heavy atom. The molecular weight excluding hydrogens is 244 g/mol. The van der Waals surface area contributed by atoms with Crippen molar-refractivity contribution in [2.75, 3.05) is 19.6 Å². The lowest BCUT2D eigenvalue weighted by Crippen LogP contribution is -2.47. The lowest BCUT2D eigenvalue weighted by atomic mass is 9.92. The van der Waals surface area contributed by atoms with Crippen molar-refractivity contribution >= 4 is 11.9 Å². The normalized spacial score (nSPS) is 24.1. The van der Waals surface area contributed by atoms with Gasteiger partial charge in [-0.3, -0.25) is 14.5 Å². The SMILES string of the molecule is CCCCNC(=O)[C@H]1CC[C@@H](C)N(CCC(=O)O)C1. The van der Waals surface area contributed by atoms with Crippen molar-refractivity contribution in [3.8, 4) is 0 Å². The summed E-state index contributed by atoms with van der Waals surface area (Å²) in [6, 6.07) is 0.374. The number of carboxylic acid groups (broad SMARTS) is 1. The van der Waals surface area contributed by atoms with Gasteiger partial charge >= 0.3 is 5.97 Å². The van der Waals surface area contributed by atoms with E-state index in [1.807, 2.05) is 0 Å². The minimum absolute atomic E-state index is 0.0156. The molecule has 0 aromatic rings. The summed E-state index contributed by atoms with van der Waals surface area (Å²) in [7, 11) is 0. The summed E-state index contributed by atoms with van der Waals surface area (Å²) in [5.41, 5.74) is 0. The standard InChI is InChI=1S/C14H26N2O3/c1-3-4-8-15-14(19)12-6-5-11(2)16(10-12)9-7-13(17)18/h11-12H,3-10H2,1-2H3,(H,15,19)(H,17,18)/t11-,12+/m1/s1. The first-order chi connectivity index (χ1) is 9.04. The summed E-state index contributed by atoms with van der Waals surface area (Å²) in [5.74, 6) is -0.635. The third kappa shape index (κ3) is 5.59. The summed E-state index contributed by atoms with van der Waals surface area (Å²) in [6.07, 6.45) is 4.10. The van der Waals surface area contributed by atoms with Crippen LogP contribution in [0.15, 0.2) is 0 Å². The number of aliphatic carboxylic acids is 1. The van der Waals surface area contributed by atoms with Crippen LogP contribution in [-0.2, 0) is 9.59 Å². The average Bonchev–Trinajstić information content (AvgIpc) is 2.37. The van der Waals surface area contributed by atoms with Crippen LogP contribution in [0.25, 0.3) is 0 Å². The molecule has 1 rings (SSSR count). The van der Waals surface area contributed by atoms with Crippen LogP contribution in [0.5, 0.6) is 0 Å². The number of unbranched alkanes of at least 4 members (excludes halogenated alkanes) is 1. The number of hydrogen-bond donors (Lipinski definition) is 2. The number of carbonyl (C=O) groups excluding carboxylic acids is 1. The Morgan fingerprint density at radius 1 is 1.37 bits per heavy atom. The molecule has 0 unspecified atom stereocenters. The fraction of sp³-hybridized carbons (Fsp3) is 0.857. The predicted molar refractivity (Wildman–Crippen MR) is 73.9 cm³/mol. The molecule has 0 bridgehead atoms. The van der Waals surface area contributed by atoms with Crippen molar-refractivity contribution in [2.24, 2.45) is 5.92 Å². The highest BCUT2D eigenvalue weighted by Gasteiger charge is 2.29. The molecule has 0 aromatic carbocycles. The molecule has 1 amide bonds. The molecule has 110 valence electrons. The lowest BCUT2D eigenvalue weighted by Gasteiger charge is -2.37. The summed E-state index contributed by atoms with van der Waals surface area (Å²) < 4.78 is 0. The first-order valence-corrected chi connectivity index (χ1v) is 7.28. The van der Waals surface area contributed by atoms with Gasteiger partial charge in [-0.15, -0.1) is 0 Å². The molecule has 5 heteroatoms. The molecule has 1 fully saturated rings. The van der Waals surface area contributed by atoms with E-state index in [2.05, 4.69) is 24.1 Å². The van der Waals surface area contributed by atoms with E-state index in [9.17, 15) is 9.59 Å². The van der Waals surface area contributed by atoms with E-state index in [0.717, 1.165) is 32.2 Å². The summed E-state index contributed by atoms with van der Waals surface area (Å²) in [6.45, 7) is 6.17. The van der Waals surface area contributed by atoms with Gasteiger partial charge < -0.3 is 10.4 Å². The Labute approximate surface area is 115 Å². The molecule has 0 saturated carbocycles. The van der Waals surface area contributed by atoms with Crippen LogP contribution in [0.4, 0.5) is 0 Å². The molecule has 5 nitrogen and oxygen atoms in total. The minimum atomic E-state index is -0.776. The van der Waals surface area contributed by atoms with E-state index in [-0.39, 0.29) is 18.2 Å². The number of nitrogens with one attached hydrogen (secondary N) is 1. The van der Waals surface area contributed by atoms with Crippen molar-refractivity contribution in [3.63, 3.8) is 0 Å². The number of carbonyl (C=O) groups is 2. The van der Waals surface area contributed by atoms with E-state index >= 15 is 0 Å². The Balaban J connectivity index is 2.39. The van der Waals surface area contributed by atoms with Crippen LogP contribution in [-0.4, -0.2) is 47.6 Å². The van der Waals surface area contributed by atoms with Crippen molar-refractivity contribution < 1.29 is 14.7 Å². The topological polar surface area (TPSA) is 69.6 Å². The van der Waals surface area contributed by atoms with Gasteiger partial charge in [-0.05, 0) is 26.2 Å². The smallest absolute Gasteiger partial charge is 0.304 e. The van der Waals surface area contributed by atoms with Gasteiger partial charge in [-0.2, -0.15) is 0 Å². The van der Waals surface area contributed by atoms with Gasteiger partial charge in [-0.25, -0.2) is 0 Å². The van der Waals surface area contributed by atoms with Crippen molar-refractivity contribution in [1.82, 2.24) is 10.2 Å². The number of piperidine rings is 1. The zero-order valence-corrected chi connectivity index (χ0v) is 12.0. The molecule has 19 heavy (non-hydrogen) atoms. The zero-order valence-electron chi connectivity index (χ0n) is 12.0. The van der Waals surface area contributed by atoms with Crippen molar-refractivity contribution in [3.05, 3.63) is 0 Å². The Hall–Kier alpha value is -1.10. The number of hydrogen-bond acceptors (Lipinski definition) is 3. The molecule has 0 radical (unpaired) electrons. The first-order valence-electron chi connectivity index (χ1n) is 7.28. The van der Waals surface area contributed by atoms with Crippen LogP contribution in [0.1, 0.15) is 46.0 Å². The summed E-state index contributed by atoms with van der Waals surface area (Å²) in [4.78, 5) is 24.8. The molecular formula is C14H26N2O3. The van der Waals surface area contributed by atoms with E-state index in [1.54, 1.807) is 0 Å². The maximum Gasteiger partial charge on any atom is 0.304 e. The molecule has 0 aliphatic carbocycles. The molecule has 2 atom stereocenters. The van der Waals surface area contributed by atoms with Gasteiger partial charge in [0.1, 0.15) is 0 Å². The highest BCUT2D eigenvalue weighted by atomic mass is 16.4. The number of carboxylic acids is 1. The van der Waals surface area contributed by atoms with Crippen LogP contribution in [0, 0.1) is 5.92 Å². The Morgan fingerprint density at radius 3 is 2.74 bits per heavy atom. The fourth-order valence-electron chi connectivity index (χ4n) is 2.48. The maximum atomic E-state index is 12.0. The van der Waals surface area contributed by atoms with E-state index < -0.39 is 5.97 Å². The van der Waals surface area contributed by atoms with Crippen molar-refractivity contribution in [1.29, 1.82) is 0 Å². The van der Waals surface area contributed by atoms with Crippen LogP contribution >= 0.6 is 0 Å². The number of amides is 1. The predicted octanol–water partition coefficient (Wildman–Crippen LogP) is 1.48. The van der Waals surface area contributed by atoms with Crippen molar-refractivity contribution in [2.45, 2.75) is 52.0 Å². The lowest BCUT2D eigenvalue weighted by molar-refractivity contribution is -0.137. The van der Waals surface area contributed by atoms with Crippen LogP contribution in [0.2, 0.25) is 0 Å². The van der Waals surface area contributed by atoms with Crippen LogP contribution in [0.3, 0.4) is 0 Å². The monoisotopic (exact) mass is 270 g/mol. The van der Waals surface area contributed by atoms with Gasteiger partial charge in [0.2, 0.25) is 5.91 Å². The number of rotatable bonds is 7. The highest BCUT2D eigenvalue weighted by Crippen LogP contribution is 2.22. The summed E-state index contributed by atoms with van der Waals surface area (Å²) in [5, 5.41) is 11.7. The van der Waals surface area contributed by atoms with Gasteiger partial charge in [0.25, 0.3) is 0 Å². The second-order valence-corrected chi connectivity index (χ2v) is 5.41. The number of likely N-dealkylation sites (tertiary alicyclic amines) is 1. The third-order valence-corrected chi connectivity index (χ3v) is 3.82. The molecule has 1 saturated heterocycles. The van der Waals surface area contributed by atoms with Crippen LogP contribution < -0.4 is 5.32 Å². The van der Waals surface area contributed by atoms with E-state index in [1.165, 1.54) is 0 Å².